The lowest BCUT2D eigenvalue weighted by Crippen LogP contribution is -2.04. The second kappa shape index (κ2) is 6.97. The number of nitrogens with zero attached hydrogens (tertiary/aromatic N) is 2. The average Bonchev–Trinajstić information content (AvgIpc) is 2.47. The minimum atomic E-state index is -2.82. The van der Waals surface area contributed by atoms with E-state index >= 15 is 0 Å². The second-order valence-corrected chi connectivity index (χ2v) is 4.35. The third kappa shape index (κ3) is 4.11. The summed E-state index contributed by atoms with van der Waals surface area (Å²) in [5.74, 6) is 1.44. The largest absolute Gasteiger partial charge is 0.435 e. The number of aromatic nitrogens is 2. The highest BCUT2D eigenvalue weighted by Gasteiger charge is 2.08. The third-order valence-electron chi connectivity index (χ3n) is 2.84. The first-order valence-corrected chi connectivity index (χ1v) is 6.79. The molecule has 112 valence electrons. The van der Waals surface area contributed by atoms with E-state index in [0.29, 0.717) is 5.82 Å². The van der Waals surface area contributed by atoms with E-state index in [0.717, 1.165) is 30.0 Å². The summed E-state index contributed by atoms with van der Waals surface area (Å²) in [6, 6.07) is 8.21. The van der Waals surface area contributed by atoms with Gasteiger partial charge in [-0.2, -0.15) is 8.78 Å². The molecule has 0 unspecified atom stereocenters. The molecule has 1 N–H and O–H groups in total. The number of rotatable bonds is 6. The average molecular weight is 293 g/mol. The summed E-state index contributed by atoms with van der Waals surface area (Å²) in [6.45, 7) is 1.95. The van der Waals surface area contributed by atoms with Gasteiger partial charge in [-0.1, -0.05) is 6.92 Å². The van der Waals surface area contributed by atoms with Crippen molar-refractivity contribution in [3.8, 4) is 17.1 Å². The molecule has 0 radical (unpaired) electrons. The number of hydrogen-bond donors (Lipinski definition) is 1. The maximum atomic E-state index is 12.1. The van der Waals surface area contributed by atoms with Gasteiger partial charge in [-0.25, -0.2) is 9.97 Å². The molecule has 0 amide bonds. The van der Waals surface area contributed by atoms with Gasteiger partial charge >= 0.3 is 6.61 Å². The first kappa shape index (κ1) is 15.2. The number of nitrogens with one attached hydrogen (secondary N) is 1. The molecule has 0 atom stereocenters. The van der Waals surface area contributed by atoms with E-state index < -0.39 is 6.61 Å². The van der Waals surface area contributed by atoms with Crippen LogP contribution in [-0.4, -0.2) is 23.1 Å². The highest BCUT2D eigenvalue weighted by Crippen LogP contribution is 2.22. The Balaban J connectivity index is 2.29. The molecule has 0 aliphatic carbocycles. The molecule has 4 nitrogen and oxygen atoms in total. The predicted molar refractivity (Wildman–Crippen MR) is 77.6 cm³/mol. The van der Waals surface area contributed by atoms with Crippen molar-refractivity contribution >= 4 is 5.82 Å². The Hall–Kier alpha value is -2.24. The summed E-state index contributed by atoms with van der Waals surface area (Å²) in [7, 11) is 0. The second-order valence-electron chi connectivity index (χ2n) is 4.35. The Morgan fingerprint density at radius 3 is 2.43 bits per heavy atom. The number of alkyl halides is 2. The molecular formula is C15H17F2N3O. The molecule has 0 aliphatic heterocycles. The maximum Gasteiger partial charge on any atom is 0.387 e. The maximum absolute atomic E-state index is 12.1. The molecule has 0 aliphatic rings. The van der Waals surface area contributed by atoms with Crippen molar-refractivity contribution in [3.05, 3.63) is 36.0 Å². The number of anilines is 1. The summed E-state index contributed by atoms with van der Waals surface area (Å²) in [5.41, 5.74) is 1.68. The van der Waals surface area contributed by atoms with Crippen LogP contribution in [0.5, 0.6) is 5.75 Å². The summed E-state index contributed by atoms with van der Waals surface area (Å²) in [4.78, 5) is 8.88. The van der Waals surface area contributed by atoms with Gasteiger partial charge in [0.2, 0.25) is 0 Å². The smallest absolute Gasteiger partial charge is 0.387 e. The fourth-order valence-electron chi connectivity index (χ4n) is 1.86. The highest BCUT2D eigenvalue weighted by molar-refractivity contribution is 5.58. The van der Waals surface area contributed by atoms with Crippen molar-refractivity contribution in [1.82, 2.24) is 9.97 Å². The van der Waals surface area contributed by atoms with Crippen molar-refractivity contribution < 1.29 is 13.5 Å². The molecule has 0 bridgehead atoms. The van der Waals surface area contributed by atoms with Crippen LogP contribution in [0.25, 0.3) is 11.4 Å². The van der Waals surface area contributed by atoms with Gasteiger partial charge in [0.05, 0.1) is 0 Å². The lowest BCUT2D eigenvalue weighted by molar-refractivity contribution is -0.0498. The zero-order valence-electron chi connectivity index (χ0n) is 11.9. The molecule has 2 aromatic rings. The Morgan fingerprint density at radius 1 is 1.14 bits per heavy atom. The van der Waals surface area contributed by atoms with Crippen molar-refractivity contribution in [2.45, 2.75) is 26.9 Å². The molecular weight excluding hydrogens is 276 g/mol. The third-order valence-corrected chi connectivity index (χ3v) is 2.84. The predicted octanol–water partition coefficient (Wildman–Crippen LogP) is 3.74. The van der Waals surface area contributed by atoms with Gasteiger partial charge in [-0.3, -0.25) is 0 Å². The first-order valence-electron chi connectivity index (χ1n) is 6.79. The molecule has 1 aromatic carbocycles. The van der Waals surface area contributed by atoms with Gasteiger partial charge < -0.3 is 10.1 Å². The Bertz CT molecular complexity index is 588. The molecule has 1 heterocycles. The molecule has 0 spiro atoms. The molecule has 0 saturated heterocycles. The SMILES string of the molecule is CCNc1cc(CC)nc(-c2ccc(OC(F)F)cc2)n1. The fourth-order valence-corrected chi connectivity index (χ4v) is 1.86. The van der Waals surface area contributed by atoms with Gasteiger partial charge in [-0.05, 0) is 37.6 Å². The number of ether oxygens (including phenoxy) is 1. The van der Waals surface area contributed by atoms with Gasteiger partial charge in [0.25, 0.3) is 0 Å². The molecule has 1 aromatic heterocycles. The quantitative estimate of drug-likeness (QED) is 0.881. The number of aryl methyl sites for hydroxylation is 1. The number of benzene rings is 1. The van der Waals surface area contributed by atoms with Crippen LogP contribution in [0.4, 0.5) is 14.6 Å². The number of halogens is 2. The van der Waals surface area contributed by atoms with E-state index in [1.54, 1.807) is 12.1 Å². The monoisotopic (exact) mass is 293 g/mol. The molecule has 6 heteroatoms. The van der Waals surface area contributed by atoms with Gasteiger partial charge in [-0.15, -0.1) is 0 Å². The molecule has 21 heavy (non-hydrogen) atoms. The lowest BCUT2D eigenvalue weighted by atomic mass is 10.2. The van der Waals surface area contributed by atoms with Crippen molar-refractivity contribution in [2.75, 3.05) is 11.9 Å². The summed E-state index contributed by atoms with van der Waals surface area (Å²) in [6.07, 6.45) is 0.792. The standard InChI is InChI=1S/C15H17F2N3O/c1-3-11-9-13(18-4-2)20-14(19-11)10-5-7-12(8-6-10)21-15(16)17/h5-9,15H,3-4H2,1-2H3,(H,18,19,20). The summed E-state index contributed by atoms with van der Waals surface area (Å²) in [5, 5.41) is 3.15. The van der Waals surface area contributed by atoms with Crippen molar-refractivity contribution in [2.24, 2.45) is 0 Å². The minimum absolute atomic E-state index is 0.118. The summed E-state index contributed by atoms with van der Waals surface area (Å²) >= 11 is 0. The van der Waals surface area contributed by atoms with Crippen LogP contribution in [-0.2, 0) is 6.42 Å². The van der Waals surface area contributed by atoms with Crippen LogP contribution in [0.3, 0.4) is 0 Å². The Kier molecular flexibility index (Phi) is 5.03. The highest BCUT2D eigenvalue weighted by atomic mass is 19.3. The minimum Gasteiger partial charge on any atom is -0.435 e. The van der Waals surface area contributed by atoms with E-state index in [1.807, 2.05) is 19.9 Å². The van der Waals surface area contributed by atoms with E-state index in [2.05, 4.69) is 20.0 Å². The fraction of sp³-hybridized carbons (Fsp3) is 0.333. The van der Waals surface area contributed by atoms with Gasteiger partial charge in [0.15, 0.2) is 5.82 Å². The van der Waals surface area contributed by atoms with Crippen LogP contribution in [0.2, 0.25) is 0 Å². The molecule has 2 rings (SSSR count). The van der Waals surface area contributed by atoms with Gasteiger partial charge in [0, 0.05) is 23.9 Å². The lowest BCUT2D eigenvalue weighted by Gasteiger charge is -2.09. The zero-order valence-corrected chi connectivity index (χ0v) is 11.9. The summed E-state index contributed by atoms with van der Waals surface area (Å²) < 4.78 is 28.6. The normalized spacial score (nSPS) is 10.7. The Labute approximate surface area is 122 Å². The van der Waals surface area contributed by atoms with Crippen LogP contribution in [0.1, 0.15) is 19.5 Å². The van der Waals surface area contributed by atoms with E-state index in [1.165, 1.54) is 12.1 Å². The topological polar surface area (TPSA) is 47.0 Å². The van der Waals surface area contributed by atoms with Gasteiger partial charge in [0.1, 0.15) is 11.6 Å². The molecule has 0 fully saturated rings. The molecule has 0 saturated carbocycles. The van der Waals surface area contributed by atoms with Crippen molar-refractivity contribution in [3.63, 3.8) is 0 Å². The van der Waals surface area contributed by atoms with Crippen molar-refractivity contribution in [1.29, 1.82) is 0 Å². The van der Waals surface area contributed by atoms with Crippen LogP contribution >= 0.6 is 0 Å². The Morgan fingerprint density at radius 2 is 1.86 bits per heavy atom. The number of hydrogen-bond acceptors (Lipinski definition) is 4. The van der Waals surface area contributed by atoms with Crippen LogP contribution in [0.15, 0.2) is 30.3 Å². The van der Waals surface area contributed by atoms with E-state index in [9.17, 15) is 8.78 Å². The zero-order chi connectivity index (χ0) is 15.2. The first-order chi connectivity index (χ1) is 10.1. The van der Waals surface area contributed by atoms with E-state index in [-0.39, 0.29) is 5.75 Å². The van der Waals surface area contributed by atoms with E-state index in [4.69, 9.17) is 0 Å². The van der Waals surface area contributed by atoms with Crippen LogP contribution < -0.4 is 10.1 Å². The van der Waals surface area contributed by atoms with Crippen LogP contribution in [0, 0.1) is 0 Å².